The van der Waals surface area contributed by atoms with Crippen molar-refractivity contribution in [1.29, 1.82) is 0 Å². The summed E-state index contributed by atoms with van der Waals surface area (Å²) in [5.41, 5.74) is 1.54. The van der Waals surface area contributed by atoms with E-state index in [0.29, 0.717) is 34.7 Å². The number of carbonyl (C=O) groups excluding carboxylic acids is 1. The molecule has 1 aromatic heterocycles. The van der Waals surface area contributed by atoms with Gasteiger partial charge in [0.05, 0.1) is 26.3 Å². The number of hydrogen-bond acceptors (Lipinski definition) is 4. The first kappa shape index (κ1) is 18.5. The fourth-order valence-electron chi connectivity index (χ4n) is 2.94. The van der Waals surface area contributed by atoms with Crippen LogP contribution in [-0.4, -0.2) is 36.6 Å². The number of pyridine rings is 1. The van der Waals surface area contributed by atoms with Crippen molar-refractivity contribution in [2.75, 3.05) is 20.8 Å². The van der Waals surface area contributed by atoms with Crippen LogP contribution in [0, 0.1) is 0 Å². The summed E-state index contributed by atoms with van der Waals surface area (Å²) in [4.78, 5) is 29.8. The summed E-state index contributed by atoms with van der Waals surface area (Å²) < 4.78 is 10.4. The SMILES string of the molecule is CCN(Cc1cc2ccc(OC)cc2[nH]c1=O)C(=O)c1cccc(OC)c1. The van der Waals surface area contributed by atoms with E-state index in [9.17, 15) is 9.59 Å². The Bertz CT molecular complexity index is 1030. The molecule has 0 spiro atoms. The largest absolute Gasteiger partial charge is 0.497 e. The zero-order valence-electron chi connectivity index (χ0n) is 15.6. The normalized spacial score (nSPS) is 10.6. The van der Waals surface area contributed by atoms with Crippen molar-refractivity contribution in [3.63, 3.8) is 0 Å². The zero-order valence-corrected chi connectivity index (χ0v) is 15.6. The van der Waals surface area contributed by atoms with Crippen LogP contribution in [0.25, 0.3) is 10.9 Å². The molecule has 0 saturated heterocycles. The third-order valence-electron chi connectivity index (χ3n) is 4.48. The lowest BCUT2D eigenvalue weighted by Gasteiger charge is -2.21. The number of benzene rings is 2. The van der Waals surface area contributed by atoms with Gasteiger partial charge < -0.3 is 19.4 Å². The van der Waals surface area contributed by atoms with Gasteiger partial charge in [-0.3, -0.25) is 9.59 Å². The van der Waals surface area contributed by atoms with Crippen LogP contribution in [0.1, 0.15) is 22.8 Å². The van der Waals surface area contributed by atoms with Crippen molar-refractivity contribution in [3.05, 3.63) is 70.0 Å². The second kappa shape index (κ2) is 7.95. The van der Waals surface area contributed by atoms with Crippen molar-refractivity contribution < 1.29 is 14.3 Å². The number of hydrogen-bond donors (Lipinski definition) is 1. The summed E-state index contributed by atoms with van der Waals surface area (Å²) in [6, 6.07) is 14.3. The van der Waals surface area contributed by atoms with Crippen LogP contribution in [0.15, 0.2) is 53.3 Å². The van der Waals surface area contributed by atoms with Gasteiger partial charge in [-0.05, 0) is 48.7 Å². The smallest absolute Gasteiger partial charge is 0.254 e. The monoisotopic (exact) mass is 366 g/mol. The highest BCUT2D eigenvalue weighted by Gasteiger charge is 2.17. The molecule has 0 aliphatic heterocycles. The molecule has 0 aliphatic carbocycles. The van der Waals surface area contributed by atoms with E-state index in [0.717, 1.165) is 5.39 Å². The van der Waals surface area contributed by atoms with E-state index >= 15 is 0 Å². The topological polar surface area (TPSA) is 71.6 Å². The molecule has 0 aliphatic rings. The van der Waals surface area contributed by atoms with Crippen molar-refractivity contribution in [2.45, 2.75) is 13.5 Å². The fraction of sp³-hybridized carbons (Fsp3) is 0.238. The first-order valence-electron chi connectivity index (χ1n) is 8.69. The quantitative estimate of drug-likeness (QED) is 0.727. The second-order valence-electron chi connectivity index (χ2n) is 6.13. The Balaban J connectivity index is 1.90. The van der Waals surface area contributed by atoms with Crippen LogP contribution >= 0.6 is 0 Å². The first-order chi connectivity index (χ1) is 13.0. The number of nitrogens with one attached hydrogen (secondary N) is 1. The van der Waals surface area contributed by atoms with Crippen molar-refractivity contribution in [1.82, 2.24) is 9.88 Å². The number of ether oxygens (including phenoxy) is 2. The van der Waals surface area contributed by atoms with Crippen LogP contribution in [0.5, 0.6) is 11.5 Å². The van der Waals surface area contributed by atoms with Gasteiger partial charge in [-0.25, -0.2) is 0 Å². The second-order valence-corrected chi connectivity index (χ2v) is 6.13. The predicted octanol–water partition coefficient (Wildman–Crippen LogP) is 3.21. The molecule has 140 valence electrons. The van der Waals surface area contributed by atoms with E-state index in [-0.39, 0.29) is 18.0 Å². The van der Waals surface area contributed by atoms with E-state index < -0.39 is 0 Å². The summed E-state index contributed by atoms with van der Waals surface area (Å²) in [6.07, 6.45) is 0. The molecule has 1 N–H and O–H groups in total. The molecule has 6 heteroatoms. The Labute approximate surface area is 157 Å². The van der Waals surface area contributed by atoms with Gasteiger partial charge in [-0.1, -0.05) is 6.07 Å². The van der Waals surface area contributed by atoms with Crippen LogP contribution < -0.4 is 15.0 Å². The third kappa shape index (κ3) is 3.95. The Kier molecular flexibility index (Phi) is 5.45. The minimum Gasteiger partial charge on any atom is -0.497 e. The molecule has 1 amide bonds. The van der Waals surface area contributed by atoms with Gasteiger partial charge in [0.1, 0.15) is 11.5 Å². The molecular formula is C21H22N2O4. The Morgan fingerprint density at radius 3 is 2.48 bits per heavy atom. The molecular weight excluding hydrogens is 344 g/mol. The standard InChI is InChI=1S/C21H22N2O4/c1-4-23(21(25)15-6-5-7-17(11-15)26-2)13-16-10-14-8-9-18(27-3)12-19(14)22-20(16)24/h5-12H,4,13H2,1-3H3,(H,22,24). The van der Waals surface area contributed by atoms with E-state index in [1.165, 1.54) is 0 Å². The summed E-state index contributed by atoms with van der Waals surface area (Å²) in [7, 11) is 3.14. The van der Waals surface area contributed by atoms with E-state index in [4.69, 9.17) is 9.47 Å². The number of nitrogens with zero attached hydrogens (tertiary/aromatic N) is 1. The van der Waals surface area contributed by atoms with Gasteiger partial charge in [-0.2, -0.15) is 0 Å². The number of amides is 1. The molecule has 3 rings (SSSR count). The Morgan fingerprint density at radius 2 is 1.78 bits per heavy atom. The van der Waals surface area contributed by atoms with Crippen LogP contribution in [-0.2, 0) is 6.54 Å². The molecule has 0 saturated carbocycles. The average molecular weight is 366 g/mol. The number of aromatic nitrogens is 1. The van der Waals surface area contributed by atoms with Gasteiger partial charge in [0.25, 0.3) is 11.5 Å². The maximum atomic E-state index is 12.8. The minimum absolute atomic E-state index is 0.148. The summed E-state index contributed by atoms with van der Waals surface area (Å²) >= 11 is 0. The van der Waals surface area contributed by atoms with Crippen molar-refractivity contribution in [2.24, 2.45) is 0 Å². The highest BCUT2D eigenvalue weighted by atomic mass is 16.5. The average Bonchev–Trinajstić information content (AvgIpc) is 2.71. The lowest BCUT2D eigenvalue weighted by atomic mass is 10.1. The van der Waals surface area contributed by atoms with Crippen molar-refractivity contribution in [3.8, 4) is 11.5 Å². The maximum absolute atomic E-state index is 12.8. The van der Waals surface area contributed by atoms with Crippen LogP contribution in [0.4, 0.5) is 0 Å². The molecule has 0 atom stereocenters. The van der Waals surface area contributed by atoms with Crippen LogP contribution in [0.2, 0.25) is 0 Å². The number of rotatable bonds is 6. The Morgan fingerprint density at radius 1 is 1.04 bits per heavy atom. The molecule has 0 unspecified atom stereocenters. The van der Waals surface area contributed by atoms with E-state index in [1.807, 2.05) is 25.1 Å². The number of methoxy groups -OCH3 is 2. The summed E-state index contributed by atoms with van der Waals surface area (Å²) in [6.45, 7) is 2.60. The number of carbonyl (C=O) groups is 1. The lowest BCUT2D eigenvalue weighted by molar-refractivity contribution is 0.0751. The van der Waals surface area contributed by atoms with E-state index in [2.05, 4.69) is 4.98 Å². The molecule has 3 aromatic rings. The Hall–Kier alpha value is -3.28. The summed E-state index contributed by atoms with van der Waals surface area (Å²) in [5.74, 6) is 1.15. The third-order valence-corrected chi connectivity index (χ3v) is 4.48. The van der Waals surface area contributed by atoms with Gasteiger partial charge in [-0.15, -0.1) is 0 Å². The van der Waals surface area contributed by atoms with Crippen molar-refractivity contribution >= 4 is 16.8 Å². The molecule has 0 radical (unpaired) electrons. The summed E-state index contributed by atoms with van der Waals surface area (Å²) in [5, 5.41) is 0.885. The zero-order chi connectivity index (χ0) is 19.4. The first-order valence-corrected chi connectivity index (χ1v) is 8.69. The highest BCUT2D eigenvalue weighted by molar-refractivity contribution is 5.94. The van der Waals surface area contributed by atoms with Gasteiger partial charge in [0, 0.05) is 23.7 Å². The lowest BCUT2D eigenvalue weighted by Crippen LogP contribution is -2.32. The molecule has 0 bridgehead atoms. The fourth-order valence-corrected chi connectivity index (χ4v) is 2.94. The maximum Gasteiger partial charge on any atom is 0.254 e. The van der Waals surface area contributed by atoms with Gasteiger partial charge >= 0.3 is 0 Å². The number of aromatic amines is 1. The molecule has 6 nitrogen and oxygen atoms in total. The molecule has 0 fully saturated rings. The minimum atomic E-state index is -0.215. The molecule has 1 heterocycles. The van der Waals surface area contributed by atoms with Crippen LogP contribution in [0.3, 0.4) is 0 Å². The predicted molar refractivity (Wildman–Crippen MR) is 105 cm³/mol. The van der Waals surface area contributed by atoms with E-state index in [1.54, 1.807) is 49.5 Å². The number of fused-ring (bicyclic) bond motifs is 1. The highest BCUT2D eigenvalue weighted by Crippen LogP contribution is 2.20. The van der Waals surface area contributed by atoms with Gasteiger partial charge in [0.15, 0.2) is 0 Å². The molecule has 27 heavy (non-hydrogen) atoms. The molecule has 2 aromatic carbocycles. The van der Waals surface area contributed by atoms with Gasteiger partial charge in [0.2, 0.25) is 0 Å². The number of H-pyrrole nitrogens is 1.